The average molecular weight is 395 g/mol. The number of rotatable bonds is 4. The van der Waals surface area contributed by atoms with E-state index in [9.17, 15) is 13.2 Å². The lowest BCUT2D eigenvalue weighted by molar-refractivity contribution is -0.118. The molecule has 0 saturated carbocycles. The van der Waals surface area contributed by atoms with Gasteiger partial charge in [0.2, 0.25) is 5.91 Å². The fourth-order valence-corrected chi connectivity index (χ4v) is 3.12. The van der Waals surface area contributed by atoms with Crippen molar-refractivity contribution in [1.29, 1.82) is 0 Å². The number of benzene rings is 2. The van der Waals surface area contributed by atoms with Gasteiger partial charge in [0.05, 0.1) is 17.8 Å². The monoisotopic (exact) mass is 394 g/mol. The van der Waals surface area contributed by atoms with Crippen LogP contribution < -0.4 is 4.90 Å². The lowest BCUT2D eigenvalue weighted by Crippen LogP contribution is -2.38. The van der Waals surface area contributed by atoms with Gasteiger partial charge in [0.25, 0.3) is 0 Å². The molecule has 0 fully saturated rings. The fraction of sp³-hybridized carbons (Fsp3) is 0.176. The molecule has 136 valence electrons. The SMILES string of the molecule is O=C(Cc1ccccc1)N1CC/C(=N\OS(=O)(=O)O)c2cc(Cl)ccc21. The van der Waals surface area contributed by atoms with Crippen molar-refractivity contribution in [2.75, 3.05) is 11.4 Å². The van der Waals surface area contributed by atoms with Crippen molar-refractivity contribution < 1.29 is 22.0 Å². The first-order valence-electron chi connectivity index (χ1n) is 7.70. The number of anilines is 1. The molecule has 2 aromatic rings. The largest absolute Gasteiger partial charge is 0.466 e. The van der Waals surface area contributed by atoms with Crippen molar-refractivity contribution in [1.82, 2.24) is 0 Å². The normalized spacial score (nSPS) is 15.6. The Bertz CT molecular complexity index is 960. The molecular formula is C17H15ClN2O5S. The van der Waals surface area contributed by atoms with Gasteiger partial charge in [-0.3, -0.25) is 9.35 Å². The molecule has 0 radical (unpaired) electrons. The van der Waals surface area contributed by atoms with Crippen LogP contribution in [0.4, 0.5) is 5.69 Å². The van der Waals surface area contributed by atoms with Gasteiger partial charge in [-0.1, -0.05) is 47.1 Å². The quantitative estimate of drug-likeness (QED) is 0.635. The van der Waals surface area contributed by atoms with Crippen LogP contribution in [-0.4, -0.2) is 31.1 Å². The van der Waals surface area contributed by atoms with E-state index in [0.29, 0.717) is 22.8 Å². The van der Waals surface area contributed by atoms with E-state index in [1.807, 2.05) is 30.3 Å². The predicted octanol–water partition coefficient (Wildman–Crippen LogP) is 2.84. The van der Waals surface area contributed by atoms with E-state index in [-0.39, 0.29) is 24.5 Å². The molecule has 0 unspecified atom stereocenters. The molecule has 9 heteroatoms. The zero-order valence-corrected chi connectivity index (χ0v) is 15.1. The molecule has 7 nitrogen and oxygen atoms in total. The van der Waals surface area contributed by atoms with E-state index < -0.39 is 10.4 Å². The first-order valence-corrected chi connectivity index (χ1v) is 9.45. The summed E-state index contributed by atoms with van der Waals surface area (Å²) in [6.07, 6.45) is 0.486. The highest BCUT2D eigenvalue weighted by Gasteiger charge is 2.27. The Balaban J connectivity index is 1.91. The molecule has 0 spiro atoms. The second-order valence-corrected chi connectivity index (χ2v) is 7.10. The third kappa shape index (κ3) is 4.40. The number of oxime groups is 1. The molecule has 3 rings (SSSR count). The summed E-state index contributed by atoms with van der Waals surface area (Å²) in [6, 6.07) is 14.2. The van der Waals surface area contributed by atoms with Crippen molar-refractivity contribution in [3.05, 3.63) is 64.7 Å². The van der Waals surface area contributed by atoms with Gasteiger partial charge in [-0.05, 0) is 23.8 Å². The third-order valence-electron chi connectivity index (χ3n) is 3.87. The minimum absolute atomic E-state index is 0.102. The Morgan fingerprint density at radius 2 is 1.96 bits per heavy atom. The first-order chi connectivity index (χ1) is 12.3. The van der Waals surface area contributed by atoms with Crippen LogP contribution in [-0.2, 0) is 25.9 Å². The summed E-state index contributed by atoms with van der Waals surface area (Å²) in [5.41, 5.74) is 2.21. The number of halogens is 1. The molecule has 0 aromatic heterocycles. The number of hydrogen-bond acceptors (Lipinski definition) is 5. The molecule has 0 aliphatic carbocycles. The summed E-state index contributed by atoms with van der Waals surface area (Å²) in [4.78, 5) is 14.3. The molecule has 0 saturated heterocycles. The zero-order chi connectivity index (χ0) is 18.7. The van der Waals surface area contributed by atoms with E-state index in [1.54, 1.807) is 23.1 Å². The molecule has 1 amide bonds. The van der Waals surface area contributed by atoms with Crippen molar-refractivity contribution in [2.24, 2.45) is 5.16 Å². The van der Waals surface area contributed by atoms with Crippen LogP contribution in [0, 0.1) is 0 Å². The molecule has 1 N–H and O–H groups in total. The maximum Gasteiger partial charge on any atom is 0.466 e. The first kappa shape index (κ1) is 18.4. The lowest BCUT2D eigenvalue weighted by Gasteiger charge is -2.30. The van der Waals surface area contributed by atoms with E-state index in [4.69, 9.17) is 16.2 Å². The van der Waals surface area contributed by atoms with Crippen molar-refractivity contribution >= 4 is 39.3 Å². The number of nitrogens with zero attached hydrogens (tertiary/aromatic N) is 2. The van der Waals surface area contributed by atoms with Gasteiger partial charge in [-0.15, -0.1) is 0 Å². The Hall–Kier alpha value is -2.42. The molecular weight excluding hydrogens is 380 g/mol. The van der Waals surface area contributed by atoms with Crippen LogP contribution in [0.5, 0.6) is 0 Å². The summed E-state index contributed by atoms with van der Waals surface area (Å²) < 4.78 is 34.4. The number of fused-ring (bicyclic) bond motifs is 1. The maximum absolute atomic E-state index is 12.7. The molecule has 1 heterocycles. The number of carbonyl (C=O) groups excluding carboxylic acids is 1. The zero-order valence-electron chi connectivity index (χ0n) is 13.5. The Kier molecular flexibility index (Phi) is 5.26. The average Bonchev–Trinajstić information content (AvgIpc) is 2.59. The Morgan fingerprint density at radius 3 is 2.65 bits per heavy atom. The van der Waals surface area contributed by atoms with Gasteiger partial charge in [-0.2, -0.15) is 8.42 Å². The summed E-state index contributed by atoms with van der Waals surface area (Å²) in [6.45, 7) is 0.300. The maximum atomic E-state index is 12.7. The van der Waals surface area contributed by atoms with Crippen molar-refractivity contribution in [3.63, 3.8) is 0 Å². The van der Waals surface area contributed by atoms with Crippen LogP contribution in [0.2, 0.25) is 5.02 Å². The van der Waals surface area contributed by atoms with Gasteiger partial charge in [0.15, 0.2) is 0 Å². The fourth-order valence-electron chi connectivity index (χ4n) is 2.76. The van der Waals surface area contributed by atoms with E-state index in [0.717, 1.165) is 5.56 Å². The van der Waals surface area contributed by atoms with Crippen molar-refractivity contribution in [3.8, 4) is 0 Å². The molecule has 1 aliphatic rings. The molecule has 1 aliphatic heterocycles. The highest BCUT2D eigenvalue weighted by molar-refractivity contribution is 7.80. The molecule has 0 atom stereocenters. The van der Waals surface area contributed by atoms with E-state index in [2.05, 4.69) is 9.44 Å². The topological polar surface area (TPSA) is 96.3 Å². The van der Waals surface area contributed by atoms with Crippen LogP contribution in [0.3, 0.4) is 0 Å². The standard InChI is InChI=1S/C17H15ClN2O5S/c18-13-6-7-16-14(11-13)15(19-25-26(22,23)24)8-9-20(16)17(21)10-12-4-2-1-3-5-12/h1-7,11H,8-10H2,(H,22,23,24)/b19-15+. The summed E-state index contributed by atoms with van der Waals surface area (Å²) in [7, 11) is -4.71. The van der Waals surface area contributed by atoms with E-state index in [1.165, 1.54) is 0 Å². The van der Waals surface area contributed by atoms with Gasteiger partial charge in [-0.25, -0.2) is 4.28 Å². The van der Waals surface area contributed by atoms with Crippen LogP contribution in [0.1, 0.15) is 17.5 Å². The van der Waals surface area contributed by atoms with Crippen molar-refractivity contribution in [2.45, 2.75) is 12.8 Å². The van der Waals surface area contributed by atoms with Crippen LogP contribution in [0.15, 0.2) is 53.7 Å². The number of amides is 1. The number of hydrogen-bond donors (Lipinski definition) is 1. The second-order valence-electron chi connectivity index (χ2n) is 5.66. The molecule has 26 heavy (non-hydrogen) atoms. The minimum atomic E-state index is -4.71. The van der Waals surface area contributed by atoms with Gasteiger partial charge >= 0.3 is 10.4 Å². The third-order valence-corrected chi connectivity index (χ3v) is 4.37. The van der Waals surface area contributed by atoms with Gasteiger partial charge < -0.3 is 4.90 Å². The Morgan fingerprint density at radius 1 is 1.23 bits per heavy atom. The highest BCUT2D eigenvalue weighted by Crippen LogP contribution is 2.31. The highest BCUT2D eigenvalue weighted by atomic mass is 35.5. The Labute approximate surface area is 155 Å². The summed E-state index contributed by atoms with van der Waals surface area (Å²) in [5, 5.41) is 3.90. The molecule has 2 aromatic carbocycles. The van der Waals surface area contributed by atoms with E-state index >= 15 is 0 Å². The van der Waals surface area contributed by atoms with Crippen LogP contribution >= 0.6 is 11.6 Å². The second kappa shape index (κ2) is 7.45. The predicted molar refractivity (Wildman–Crippen MR) is 97.7 cm³/mol. The van der Waals surface area contributed by atoms with Gasteiger partial charge in [0.1, 0.15) is 0 Å². The number of carbonyl (C=O) groups is 1. The molecule has 0 bridgehead atoms. The summed E-state index contributed by atoms with van der Waals surface area (Å²) >= 11 is 6.02. The van der Waals surface area contributed by atoms with Gasteiger partial charge in [0, 0.05) is 23.6 Å². The lowest BCUT2D eigenvalue weighted by atomic mass is 9.98. The minimum Gasteiger partial charge on any atom is -0.311 e. The smallest absolute Gasteiger partial charge is 0.311 e. The summed E-state index contributed by atoms with van der Waals surface area (Å²) in [5.74, 6) is -0.102. The van der Waals surface area contributed by atoms with Crippen LogP contribution in [0.25, 0.3) is 0 Å².